The van der Waals surface area contributed by atoms with Crippen LogP contribution in [-0.4, -0.2) is 29.3 Å². The Hall–Kier alpha value is -0.310. The highest BCUT2D eigenvalue weighted by Crippen LogP contribution is 2.22. The lowest BCUT2D eigenvalue weighted by atomic mass is 9.94. The number of hydrogen-bond donors (Lipinski definition) is 0. The lowest BCUT2D eigenvalue weighted by Gasteiger charge is -2.34. The maximum atomic E-state index is 5.41. The minimum absolute atomic E-state index is 0.632. The van der Waals surface area contributed by atoms with Gasteiger partial charge in [0.15, 0.2) is 0 Å². The molecular weight excluding hydrogens is 194 g/mol. The molecule has 3 heteroatoms. The normalized spacial score (nSPS) is 17.9. The lowest BCUT2D eigenvalue weighted by molar-refractivity contribution is 0.191. The van der Waals surface area contributed by atoms with Gasteiger partial charge in [-0.25, -0.2) is 0 Å². The topological polar surface area (TPSA) is 12.5 Å². The Morgan fingerprint density at radius 2 is 1.93 bits per heavy atom. The third kappa shape index (κ3) is 3.12. The van der Waals surface area contributed by atoms with E-state index in [1.165, 1.54) is 32.1 Å². The highest BCUT2D eigenvalue weighted by atomic mass is 32.1. The molecule has 0 heterocycles. The molecule has 1 aliphatic carbocycles. The quantitative estimate of drug-likeness (QED) is 0.672. The summed E-state index contributed by atoms with van der Waals surface area (Å²) < 4.78 is 5.41. The fourth-order valence-electron chi connectivity index (χ4n) is 2.14. The Balaban J connectivity index is 2.46. The summed E-state index contributed by atoms with van der Waals surface area (Å²) in [6.45, 7) is 5.80. The van der Waals surface area contributed by atoms with Crippen LogP contribution < -0.4 is 0 Å². The van der Waals surface area contributed by atoms with Gasteiger partial charge in [-0.05, 0) is 38.9 Å². The Kier molecular flexibility index (Phi) is 5.23. The molecule has 1 rings (SSSR count). The van der Waals surface area contributed by atoms with E-state index >= 15 is 0 Å². The van der Waals surface area contributed by atoms with Gasteiger partial charge in [0.2, 0.25) is 0 Å². The number of thiocarbonyl (C=S) groups is 1. The summed E-state index contributed by atoms with van der Waals surface area (Å²) in [5.74, 6) is 0. The molecule has 0 radical (unpaired) electrons. The van der Waals surface area contributed by atoms with Gasteiger partial charge in [-0.3, -0.25) is 0 Å². The third-order valence-corrected chi connectivity index (χ3v) is 3.21. The molecule has 2 nitrogen and oxygen atoms in total. The summed E-state index contributed by atoms with van der Waals surface area (Å²) in [6, 6.07) is 0.632. The second kappa shape index (κ2) is 6.23. The van der Waals surface area contributed by atoms with E-state index in [1.807, 2.05) is 6.92 Å². The van der Waals surface area contributed by atoms with Crippen molar-refractivity contribution in [2.24, 2.45) is 0 Å². The van der Waals surface area contributed by atoms with Crippen LogP contribution in [0.3, 0.4) is 0 Å². The van der Waals surface area contributed by atoms with Crippen LogP contribution in [0.5, 0.6) is 0 Å². The van der Waals surface area contributed by atoms with Crippen LogP contribution in [-0.2, 0) is 4.74 Å². The van der Waals surface area contributed by atoms with Crippen molar-refractivity contribution in [2.75, 3.05) is 13.2 Å². The van der Waals surface area contributed by atoms with Crippen LogP contribution in [0.25, 0.3) is 0 Å². The van der Waals surface area contributed by atoms with Crippen LogP contribution in [0.15, 0.2) is 0 Å². The average molecular weight is 215 g/mol. The molecule has 0 amide bonds. The summed E-state index contributed by atoms with van der Waals surface area (Å²) in [5, 5.41) is 0.696. The van der Waals surface area contributed by atoms with Crippen molar-refractivity contribution >= 4 is 17.4 Å². The maximum absolute atomic E-state index is 5.41. The molecule has 0 aliphatic heterocycles. The number of nitrogens with zero attached hydrogens (tertiary/aromatic N) is 1. The zero-order valence-electron chi connectivity index (χ0n) is 9.29. The van der Waals surface area contributed by atoms with E-state index in [0.29, 0.717) is 17.8 Å². The van der Waals surface area contributed by atoms with Crippen molar-refractivity contribution in [3.63, 3.8) is 0 Å². The Bertz CT molecular complexity index is 178. The van der Waals surface area contributed by atoms with Crippen molar-refractivity contribution in [3.05, 3.63) is 0 Å². The standard InChI is InChI=1S/C11H21NOS/c1-3-12(11(14)13-4-2)10-8-6-5-7-9-10/h10H,3-9H2,1-2H3. The summed E-state index contributed by atoms with van der Waals surface area (Å²) in [4.78, 5) is 2.25. The number of rotatable bonds is 3. The first-order chi connectivity index (χ1) is 6.79. The molecule has 1 fully saturated rings. The Morgan fingerprint density at radius 3 is 2.43 bits per heavy atom. The third-order valence-electron chi connectivity index (χ3n) is 2.86. The summed E-state index contributed by atoms with van der Waals surface area (Å²) in [6.07, 6.45) is 6.63. The number of hydrogen-bond acceptors (Lipinski definition) is 2. The number of ether oxygens (including phenoxy) is 1. The molecule has 14 heavy (non-hydrogen) atoms. The summed E-state index contributed by atoms with van der Waals surface area (Å²) >= 11 is 5.26. The van der Waals surface area contributed by atoms with Crippen LogP contribution in [0, 0.1) is 0 Å². The average Bonchev–Trinajstić information content (AvgIpc) is 2.21. The Morgan fingerprint density at radius 1 is 1.29 bits per heavy atom. The predicted octanol–water partition coefficient (Wildman–Crippen LogP) is 2.96. The summed E-state index contributed by atoms with van der Waals surface area (Å²) in [5.41, 5.74) is 0. The molecule has 0 bridgehead atoms. The van der Waals surface area contributed by atoms with Gasteiger partial charge in [0.05, 0.1) is 6.61 Å². The molecule has 0 aromatic heterocycles. The molecular formula is C11H21NOS. The second-order valence-corrected chi connectivity index (χ2v) is 4.13. The van der Waals surface area contributed by atoms with Gasteiger partial charge in [0, 0.05) is 12.6 Å². The minimum atomic E-state index is 0.632. The molecule has 0 N–H and O–H groups in total. The lowest BCUT2D eigenvalue weighted by Crippen LogP contribution is -2.41. The maximum Gasteiger partial charge on any atom is 0.259 e. The van der Waals surface area contributed by atoms with E-state index in [0.717, 1.165) is 6.54 Å². The summed E-state index contributed by atoms with van der Waals surface area (Å²) in [7, 11) is 0. The molecule has 0 aromatic carbocycles. The molecule has 0 unspecified atom stereocenters. The fraction of sp³-hybridized carbons (Fsp3) is 0.909. The molecule has 82 valence electrons. The smallest absolute Gasteiger partial charge is 0.259 e. The van der Waals surface area contributed by atoms with E-state index in [4.69, 9.17) is 17.0 Å². The SMILES string of the molecule is CCOC(=S)N(CC)C1CCCCC1. The van der Waals surface area contributed by atoms with Gasteiger partial charge in [-0.15, -0.1) is 0 Å². The van der Waals surface area contributed by atoms with Crippen molar-refractivity contribution in [2.45, 2.75) is 52.0 Å². The van der Waals surface area contributed by atoms with Crippen LogP contribution in [0.4, 0.5) is 0 Å². The highest BCUT2D eigenvalue weighted by Gasteiger charge is 2.22. The monoisotopic (exact) mass is 215 g/mol. The van der Waals surface area contributed by atoms with Crippen molar-refractivity contribution in [3.8, 4) is 0 Å². The van der Waals surface area contributed by atoms with Crippen LogP contribution in [0.1, 0.15) is 46.0 Å². The van der Waals surface area contributed by atoms with Crippen LogP contribution in [0.2, 0.25) is 0 Å². The van der Waals surface area contributed by atoms with E-state index in [-0.39, 0.29) is 0 Å². The Labute approximate surface area is 92.6 Å². The van der Waals surface area contributed by atoms with Crippen molar-refractivity contribution < 1.29 is 4.74 Å². The van der Waals surface area contributed by atoms with Gasteiger partial charge >= 0.3 is 0 Å². The van der Waals surface area contributed by atoms with Gasteiger partial charge in [-0.1, -0.05) is 19.3 Å². The van der Waals surface area contributed by atoms with Gasteiger partial charge in [-0.2, -0.15) is 0 Å². The molecule has 1 saturated carbocycles. The zero-order valence-corrected chi connectivity index (χ0v) is 10.1. The van der Waals surface area contributed by atoms with Crippen molar-refractivity contribution in [1.29, 1.82) is 0 Å². The molecule has 1 aliphatic rings. The van der Waals surface area contributed by atoms with E-state index in [9.17, 15) is 0 Å². The van der Waals surface area contributed by atoms with E-state index in [1.54, 1.807) is 0 Å². The largest absolute Gasteiger partial charge is 0.471 e. The van der Waals surface area contributed by atoms with Crippen molar-refractivity contribution in [1.82, 2.24) is 4.90 Å². The highest BCUT2D eigenvalue weighted by molar-refractivity contribution is 7.80. The molecule has 0 spiro atoms. The fourth-order valence-corrected chi connectivity index (χ4v) is 2.53. The minimum Gasteiger partial charge on any atom is -0.471 e. The predicted molar refractivity (Wildman–Crippen MR) is 63.5 cm³/mol. The molecule has 0 saturated heterocycles. The van der Waals surface area contributed by atoms with Gasteiger partial charge < -0.3 is 9.64 Å². The van der Waals surface area contributed by atoms with Gasteiger partial charge in [0.25, 0.3) is 5.17 Å². The zero-order chi connectivity index (χ0) is 10.4. The van der Waals surface area contributed by atoms with E-state index < -0.39 is 0 Å². The second-order valence-electron chi connectivity index (χ2n) is 3.78. The first kappa shape index (κ1) is 11.8. The van der Waals surface area contributed by atoms with E-state index in [2.05, 4.69) is 11.8 Å². The molecule has 0 aromatic rings. The van der Waals surface area contributed by atoms with Gasteiger partial charge in [0.1, 0.15) is 0 Å². The van der Waals surface area contributed by atoms with Crippen LogP contribution >= 0.6 is 12.2 Å². The first-order valence-corrected chi connectivity index (χ1v) is 6.13. The first-order valence-electron chi connectivity index (χ1n) is 5.73. The molecule has 0 atom stereocenters.